The number of pyridine rings is 1. The van der Waals surface area contributed by atoms with Crippen LogP contribution in [-0.4, -0.2) is 60.6 Å². The van der Waals surface area contributed by atoms with Gasteiger partial charge >= 0.3 is 0 Å². The predicted molar refractivity (Wildman–Crippen MR) is 113 cm³/mol. The van der Waals surface area contributed by atoms with Gasteiger partial charge in [0.25, 0.3) is 0 Å². The number of hydrogen-bond acceptors (Lipinski definition) is 5. The standard InChI is InChI=1S/C23H31FN4O3/c24-18-5-3-10-25-20(18)15-28-11-8-23(9-12-28)7-2-1-4-17-16-31-13-6-19(17)27-21(29)14-26-22(23)30/h1-3,5,10,17,19H,4,6-9,11-16H2,(H,26,30)(H,27,29)/b2-1+/t17-,19+/m0/s1. The second-order valence-electron chi connectivity index (χ2n) is 8.88. The van der Waals surface area contributed by atoms with Crippen molar-refractivity contribution < 1.29 is 18.7 Å². The molecule has 0 aliphatic carbocycles. The molecule has 0 bridgehead atoms. The number of rotatable bonds is 2. The van der Waals surface area contributed by atoms with E-state index in [2.05, 4.69) is 32.7 Å². The van der Waals surface area contributed by atoms with Gasteiger partial charge < -0.3 is 15.4 Å². The van der Waals surface area contributed by atoms with Gasteiger partial charge in [0, 0.05) is 31.3 Å². The Kier molecular flexibility index (Phi) is 6.97. The molecular formula is C23H31FN4O3. The minimum atomic E-state index is -0.544. The number of hydrogen-bond donors (Lipinski definition) is 2. The van der Waals surface area contributed by atoms with Crippen molar-refractivity contribution in [3.8, 4) is 0 Å². The number of nitrogens with zero attached hydrogens (tertiary/aromatic N) is 2. The molecule has 1 spiro atoms. The van der Waals surface area contributed by atoms with E-state index < -0.39 is 5.41 Å². The lowest BCUT2D eigenvalue weighted by Crippen LogP contribution is -2.52. The van der Waals surface area contributed by atoms with Gasteiger partial charge in [-0.05, 0) is 57.3 Å². The number of allylic oxidation sites excluding steroid dienone is 2. The summed E-state index contributed by atoms with van der Waals surface area (Å²) >= 11 is 0. The van der Waals surface area contributed by atoms with Crippen molar-refractivity contribution in [1.29, 1.82) is 0 Å². The molecule has 0 unspecified atom stereocenters. The van der Waals surface area contributed by atoms with Crippen LogP contribution in [0.15, 0.2) is 30.5 Å². The number of likely N-dealkylation sites (tertiary alicyclic amines) is 1. The number of amides is 2. The lowest BCUT2D eigenvalue weighted by atomic mass is 9.74. The summed E-state index contributed by atoms with van der Waals surface area (Å²) in [5, 5.41) is 5.94. The highest BCUT2D eigenvalue weighted by Crippen LogP contribution is 2.36. The average Bonchev–Trinajstić information content (AvgIpc) is 2.78. The van der Waals surface area contributed by atoms with Crippen LogP contribution >= 0.6 is 0 Å². The molecule has 3 aliphatic heterocycles. The van der Waals surface area contributed by atoms with Gasteiger partial charge in [0.15, 0.2) is 0 Å². The molecule has 31 heavy (non-hydrogen) atoms. The molecule has 8 heteroatoms. The number of piperidine rings is 1. The van der Waals surface area contributed by atoms with Crippen LogP contribution in [0.3, 0.4) is 0 Å². The summed E-state index contributed by atoms with van der Waals surface area (Å²) in [6, 6.07) is 3.10. The van der Waals surface area contributed by atoms with Gasteiger partial charge in [-0.3, -0.25) is 19.5 Å². The fraction of sp³-hybridized carbons (Fsp3) is 0.609. The van der Waals surface area contributed by atoms with Crippen LogP contribution in [0.4, 0.5) is 4.39 Å². The third kappa shape index (κ3) is 5.30. The third-order valence-corrected chi connectivity index (χ3v) is 6.85. The third-order valence-electron chi connectivity index (χ3n) is 6.85. The van der Waals surface area contributed by atoms with Crippen molar-refractivity contribution in [3.63, 3.8) is 0 Å². The number of halogens is 1. The second-order valence-corrected chi connectivity index (χ2v) is 8.88. The zero-order chi connectivity index (χ0) is 21.7. The largest absolute Gasteiger partial charge is 0.381 e. The van der Waals surface area contributed by atoms with E-state index in [0.29, 0.717) is 57.8 Å². The van der Waals surface area contributed by atoms with Crippen LogP contribution in [0.1, 0.15) is 37.8 Å². The highest BCUT2D eigenvalue weighted by Gasteiger charge is 2.41. The van der Waals surface area contributed by atoms with Crippen molar-refractivity contribution in [2.45, 2.75) is 44.7 Å². The van der Waals surface area contributed by atoms with Gasteiger partial charge in [0.05, 0.1) is 24.3 Å². The molecule has 3 aliphatic rings. The van der Waals surface area contributed by atoms with Crippen molar-refractivity contribution in [1.82, 2.24) is 20.5 Å². The van der Waals surface area contributed by atoms with Gasteiger partial charge in [0.2, 0.25) is 11.8 Å². The van der Waals surface area contributed by atoms with Gasteiger partial charge in [-0.25, -0.2) is 4.39 Å². The molecule has 2 N–H and O–H groups in total. The van der Waals surface area contributed by atoms with Crippen LogP contribution in [-0.2, 0) is 20.9 Å². The first-order chi connectivity index (χ1) is 15.1. The summed E-state index contributed by atoms with van der Waals surface area (Å²) < 4.78 is 19.6. The van der Waals surface area contributed by atoms with Crippen molar-refractivity contribution >= 4 is 11.8 Å². The Balaban J connectivity index is 1.42. The van der Waals surface area contributed by atoms with Crippen LogP contribution in [0.25, 0.3) is 0 Å². The Labute approximate surface area is 182 Å². The van der Waals surface area contributed by atoms with E-state index in [9.17, 15) is 14.0 Å². The molecular weight excluding hydrogens is 399 g/mol. The van der Waals surface area contributed by atoms with Crippen LogP contribution in [0.5, 0.6) is 0 Å². The molecule has 7 nitrogen and oxygen atoms in total. The van der Waals surface area contributed by atoms with Crippen LogP contribution < -0.4 is 10.6 Å². The van der Waals surface area contributed by atoms with E-state index in [4.69, 9.17) is 4.74 Å². The topological polar surface area (TPSA) is 83.6 Å². The van der Waals surface area contributed by atoms with Crippen molar-refractivity contribution in [3.05, 3.63) is 42.0 Å². The average molecular weight is 431 g/mol. The first-order valence-corrected chi connectivity index (χ1v) is 11.2. The fourth-order valence-corrected chi connectivity index (χ4v) is 4.81. The summed E-state index contributed by atoms with van der Waals surface area (Å²) in [7, 11) is 0. The van der Waals surface area contributed by atoms with E-state index in [1.54, 1.807) is 12.3 Å². The molecule has 168 valence electrons. The van der Waals surface area contributed by atoms with Gasteiger partial charge in [-0.15, -0.1) is 0 Å². The summed E-state index contributed by atoms with van der Waals surface area (Å²) in [4.78, 5) is 31.8. The Morgan fingerprint density at radius 2 is 2.10 bits per heavy atom. The van der Waals surface area contributed by atoms with Gasteiger partial charge in [-0.1, -0.05) is 12.2 Å². The molecule has 4 rings (SSSR count). The number of aromatic nitrogens is 1. The van der Waals surface area contributed by atoms with Crippen molar-refractivity contribution in [2.75, 3.05) is 32.8 Å². The van der Waals surface area contributed by atoms with Crippen LogP contribution in [0, 0.1) is 17.2 Å². The lowest BCUT2D eigenvalue weighted by Gasteiger charge is -2.40. The molecule has 2 saturated heterocycles. The quantitative estimate of drug-likeness (QED) is 0.699. The predicted octanol–water partition coefficient (Wildman–Crippen LogP) is 1.79. The molecule has 0 aromatic carbocycles. The highest BCUT2D eigenvalue weighted by atomic mass is 19.1. The van der Waals surface area contributed by atoms with Gasteiger partial charge in [0.1, 0.15) is 5.82 Å². The zero-order valence-corrected chi connectivity index (χ0v) is 17.8. The van der Waals surface area contributed by atoms with Crippen molar-refractivity contribution in [2.24, 2.45) is 11.3 Å². The molecule has 4 heterocycles. The van der Waals surface area contributed by atoms with E-state index in [0.717, 1.165) is 12.8 Å². The number of nitrogens with one attached hydrogen (secondary N) is 2. The Bertz CT molecular complexity index is 823. The molecule has 0 radical (unpaired) electrons. The Morgan fingerprint density at radius 3 is 2.90 bits per heavy atom. The smallest absolute Gasteiger partial charge is 0.239 e. The fourth-order valence-electron chi connectivity index (χ4n) is 4.81. The van der Waals surface area contributed by atoms with Crippen LogP contribution in [0.2, 0.25) is 0 Å². The lowest BCUT2D eigenvalue weighted by molar-refractivity contribution is -0.136. The monoisotopic (exact) mass is 430 g/mol. The first kappa shape index (κ1) is 21.9. The minimum absolute atomic E-state index is 0.00274. The second kappa shape index (κ2) is 9.87. The van der Waals surface area contributed by atoms with E-state index in [1.807, 2.05) is 0 Å². The normalized spacial score (nSPS) is 28.5. The molecule has 1 aromatic heterocycles. The molecule has 2 amide bonds. The Morgan fingerprint density at radius 1 is 1.26 bits per heavy atom. The molecule has 1 aromatic rings. The maximum atomic E-state index is 14.0. The van der Waals surface area contributed by atoms with E-state index in [1.165, 1.54) is 6.07 Å². The molecule has 2 atom stereocenters. The zero-order valence-electron chi connectivity index (χ0n) is 17.8. The van der Waals surface area contributed by atoms with E-state index >= 15 is 0 Å². The maximum absolute atomic E-state index is 14.0. The summed E-state index contributed by atoms with van der Waals surface area (Å²) in [6.45, 7) is 3.10. The SMILES string of the molecule is O=C1CNC(=O)C2(C/C=C/C[C@H]3COCC[C@H]3N1)CCN(Cc1ncccc1F)CC2. The number of carbonyl (C=O) groups excluding carboxylic acids is 2. The highest BCUT2D eigenvalue weighted by molar-refractivity contribution is 5.88. The summed E-state index contributed by atoms with van der Waals surface area (Å²) in [6.07, 6.45) is 9.44. The first-order valence-electron chi connectivity index (χ1n) is 11.2. The number of carbonyl (C=O) groups is 2. The maximum Gasteiger partial charge on any atom is 0.239 e. The number of ether oxygens (including phenoxy) is 1. The molecule has 0 saturated carbocycles. The Hall–Kier alpha value is -2.32. The van der Waals surface area contributed by atoms with Gasteiger partial charge in [-0.2, -0.15) is 0 Å². The minimum Gasteiger partial charge on any atom is -0.381 e. The number of fused-ring (bicyclic) bond motifs is 1. The summed E-state index contributed by atoms with van der Waals surface area (Å²) in [5.41, 5.74) is -0.111. The summed E-state index contributed by atoms with van der Waals surface area (Å²) in [5.74, 6) is -0.256. The molecule has 2 fully saturated rings. The van der Waals surface area contributed by atoms with E-state index in [-0.39, 0.29) is 36.1 Å².